The summed E-state index contributed by atoms with van der Waals surface area (Å²) < 4.78 is 1.09. The molecular formula is C13H13BrN2OS. The standard InChI is InChI=1S/C13H13BrN2OS/c1-16(8-11-5-12(14)18-9-11)13(17)6-10-3-2-4-15-7-10/h2-5,7,9H,6,8H2,1H3. The molecule has 0 unspecified atom stereocenters. The van der Waals surface area contributed by atoms with Crippen molar-refractivity contribution in [1.82, 2.24) is 9.88 Å². The summed E-state index contributed by atoms with van der Waals surface area (Å²) >= 11 is 5.05. The summed E-state index contributed by atoms with van der Waals surface area (Å²) in [4.78, 5) is 17.8. The number of carbonyl (C=O) groups is 1. The normalized spacial score (nSPS) is 10.3. The molecule has 0 aliphatic heterocycles. The number of hydrogen-bond donors (Lipinski definition) is 0. The van der Waals surface area contributed by atoms with Crippen LogP contribution in [0.5, 0.6) is 0 Å². The number of carbonyl (C=O) groups excluding carboxylic acids is 1. The number of halogens is 1. The molecule has 2 heterocycles. The molecule has 0 saturated carbocycles. The highest BCUT2D eigenvalue weighted by molar-refractivity contribution is 9.11. The molecule has 18 heavy (non-hydrogen) atoms. The summed E-state index contributed by atoms with van der Waals surface area (Å²) in [5.74, 6) is 0.102. The Kier molecular flexibility index (Phi) is 4.49. The van der Waals surface area contributed by atoms with Crippen molar-refractivity contribution in [2.75, 3.05) is 7.05 Å². The molecule has 0 bridgehead atoms. The number of nitrogens with zero attached hydrogens (tertiary/aromatic N) is 2. The van der Waals surface area contributed by atoms with Crippen LogP contribution in [0.2, 0.25) is 0 Å². The van der Waals surface area contributed by atoms with Crippen LogP contribution in [0, 0.1) is 0 Å². The molecule has 0 aromatic carbocycles. The topological polar surface area (TPSA) is 33.2 Å². The van der Waals surface area contributed by atoms with E-state index in [4.69, 9.17) is 0 Å². The van der Waals surface area contributed by atoms with Gasteiger partial charge >= 0.3 is 0 Å². The second-order valence-corrected chi connectivity index (χ2v) is 6.34. The number of aromatic nitrogens is 1. The Balaban J connectivity index is 1.93. The Labute approximate surface area is 119 Å². The van der Waals surface area contributed by atoms with Gasteiger partial charge in [-0.05, 0) is 44.6 Å². The van der Waals surface area contributed by atoms with Gasteiger partial charge < -0.3 is 4.90 Å². The van der Waals surface area contributed by atoms with Crippen LogP contribution in [0.15, 0.2) is 39.8 Å². The maximum absolute atomic E-state index is 12.0. The summed E-state index contributed by atoms with van der Waals surface area (Å²) in [7, 11) is 1.82. The Hall–Kier alpha value is -1.20. The van der Waals surface area contributed by atoms with E-state index in [0.717, 1.165) is 14.9 Å². The fraction of sp³-hybridized carbons (Fsp3) is 0.231. The Morgan fingerprint density at radius 1 is 1.50 bits per heavy atom. The predicted molar refractivity (Wildman–Crippen MR) is 76.4 cm³/mol. The minimum Gasteiger partial charge on any atom is -0.341 e. The van der Waals surface area contributed by atoms with Crippen LogP contribution in [0.1, 0.15) is 11.1 Å². The Morgan fingerprint density at radius 2 is 2.33 bits per heavy atom. The van der Waals surface area contributed by atoms with Gasteiger partial charge in [0, 0.05) is 26.0 Å². The molecule has 94 valence electrons. The first-order valence-corrected chi connectivity index (χ1v) is 7.18. The maximum atomic E-state index is 12.0. The molecule has 0 N–H and O–H groups in total. The van der Waals surface area contributed by atoms with Gasteiger partial charge in [0.05, 0.1) is 10.2 Å². The number of thiophene rings is 1. The smallest absolute Gasteiger partial charge is 0.227 e. The largest absolute Gasteiger partial charge is 0.341 e. The highest BCUT2D eigenvalue weighted by atomic mass is 79.9. The van der Waals surface area contributed by atoms with Crippen LogP contribution in [-0.2, 0) is 17.8 Å². The maximum Gasteiger partial charge on any atom is 0.227 e. The molecule has 0 atom stereocenters. The highest BCUT2D eigenvalue weighted by Gasteiger charge is 2.10. The van der Waals surface area contributed by atoms with Gasteiger partial charge in [0.25, 0.3) is 0 Å². The summed E-state index contributed by atoms with van der Waals surface area (Å²) in [6.45, 7) is 0.640. The number of hydrogen-bond acceptors (Lipinski definition) is 3. The Bertz CT molecular complexity index is 527. The number of pyridine rings is 1. The molecule has 0 aliphatic rings. The molecular weight excluding hydrogens is 312 g/mol. The molecule has 0 radical (unpaired) electrons. The van der Waals surface area contributed by atoms with Crippen molar-refractivity contribution in [1.29, 1.82) is 0 Å². The van der Waals surface area contributed by atoms with Crippen LogP contribution >= 0.6 is 27.3 Å². The van der Waals surface area contributed by atoms with Crippen molar-refractivity contribution in [2.45, 2.75) is 13.0 Å². The van der Waals surface area contributed by atoms with Crippen molar-refractivity contribution >= 4 is 33.2 Å². The van der Waals surface area contributed by atoms with E-state index in [-0.39, 0.29) is 5.91 Å². The van der Waals surface area contributed by atoms with E-state index in [1.807, 2.05) is 25.2 Å². The zero-order chi connectivity index (χ0) is 13.0. The molecule has 0 aliphatic carbocycles. The third-order valence-electron chi connectivity index (χ3n) is 2.55. The van der Waals surface area contributed by atoms with Crippen LogP contribution in [0.3, 0.4) is 0 Å². The lowest BCUT2D eigenvalue weighted by atomic mass is 10.2. The third kappa shape index (κ3) is 3.65. The first-order chi connectivity index (χ1) is 8.65. The first kappa shape index (κ1) is 13.2. The van der Waals surface area contributed by atoms with E-state index in [9.17, 15) is 4.79 Å². The van der Waals surface area contributed by atoms with Gasteiger partial charge in [0.2, 0.25) is 5.91 Å². The zero-order valence-corrected chi connectivity index (χ0v) is 12.4. The highest BCUT2D eigenvalue weighted by Crippen LogP contribution is 2.21. The molecule has 3 nitrogen and oxygen atoms in total. The van der Waals surface area contributed by atoms with E-state index < -0.39 is 0 Å². The van der Waals surface area contributed by atoms with E-state index in [1.54, 1.807) is 28.6 Å². The molecule has 0 fully saturated rings. The number of amides is 1. The van der Waals surface area contributed by atoms with Gasteiger partial charge in [-0.3, -0.25) is 9.78 Å². The Morgan fingerprint density at radius 3 is 2.94 bits per heavy atom. The number of rotatable bonds is 4. The molecule has 0 saturated heterocycles. The van der Waals surface area contributed by atoms with Crippen LogP contribution in [0.4, 0.5) is 0 Å². The summed E-state index contributed by atoms with van der Waals surface area (Å²) in [5.41, 5.74) is 2.09. The molecule has 2 aromatic rings. The average Bonchev–Trinajstić information content (AvgIpc) is 2.76. The molecule has 1 amide bonds. The predicted octanol–water partition coefficient (Wildman–Crippen LogP) is 3.11. The molecule has 2 aromatic heterocycles. The summed E-state index contributed by atoms with van der Waals surface area (Å²) in [6, 6.07) is 5.80. The van der Waals surface area contributed by atoms with E-state index >= 15 is 0 Å². The minimum absolute atomic E-state index is 0.102. The second-order valence-electron chi connectivity index (χ2n) is 4.05. The fourth-order valence-electron chi connectivity index (χ4n) is 1.60. The second kappa shape index (κ2) is 6.11. The monoisotopic (exact) mass is 324 g/mol. The molecule has 5 heteroatoms. The van der Waals surface area contributed by atoms with Crippen LogP contribution < -0.4 is 0 Å². The zero-order valence-electron chi connectivity index (χ0n) is 9.97. The van der Waals surface area contributed by atoms with Gasteiger partial charge in [0.15, 0.2) is 0 Å². The third-order valence-corrected chi connectivity index (χ3v) is 4.10. The summed E-state index contributed by atoms with van der Waals surface area (Å²) in [6.07, 6.45) is 3.84. The van der Waals surface area contributed by atoms with Crippen molar-refractivity contribution in [3.8, 4) is 0 Å². The van der Waals surface area contributed by atoms with Crippen molar-refractivity contribution in [3.63, 3.8) is 0 Å². The van der Waals surface area contributed by atoms with Crippen molar-refractivity contribution < 1.29 is 4.79 Å². The van der Waals surface area contributed by atoms with E-state index in [0.29, 0.717) is 13.0 Å². The van der Waals surface area contributed by atoms with Crippen LogP contribution in [0.25, 0.3) is 0 Å². The molecule has 2 rings (SSSR count). The fourth-order valence-corrected chi connectivity index (χ4v) is 2.80. The van der Waals surface area contributed by atoms with E-state index in [1.165, 1.54) is 0 Å². The van der Waals surface area contributed by atoms with Gasteiger partial charge in [-0.1, -0.05) is 6.07 Å². The quantitative estimate of drug-likeness (QED) is 0.865. The average molecular weight is 325 g/mol. The van der Waals surface area contributed by atoms with E-state index in [2.05, 4.69) is 26.3 Å². The first-order valence-electron chi connectivity index (χ1n) is 5.51. The van der Waals surface area contributed by atoms with Gasteiger partial charge in [-0.15, -0.1) is 11.3 Å². The minimum atomic E-state index is 0.102. The lowest BCUT2D eigenvalue weighted by Gasteiger charge is -2.16. The number of likely N-dealkylation sites (N-methyl/N-ethyl adjacent to an activating group) is 1. The van der Waals surface area contributed by atoms with Crippen LogP contribution in [-0.4, -0.2) is 22.8 Å². The van der Waals surface area contributed by atoms with Crippen molar-refractivity contribution in [2.24, 2.45) is 0 Å². The van der Waals surface area contributed by atoms with Gasteiger partial charge in [0.1, 0.15) is 0 Å². The van der Waals surface area contributed by atoms with Gasteiger partial charge in [-0.25, -0.2) is 0 Å². The summed E-state index contributed by atoms with van der Waals surface area (Å²) in [5, 5.41) is 2.05. The van der Waals surface area contributed by atoms with Crippen molar-refractivity contribution in [3.05, 3.63) is 50.9 Å². The lowest BCUT2D eigenvalue weighted by molar-refractivity contribution is -0.129. The van der Waals surface area contributed by atoms with Gasteiger partial charge in [-0.2, -0.15) is 0 Å². The lowest BCUT2D eigenvalue weighted by Crippen LogP contribution is -2.27. The SMILES string of the molecule is CN(Cc1csc(Br)c1)C(=O)Cc1cccnc1. The molecule has 0 spiro atoms.